The van der Waals surface area contributed by atoms with Crippen molar-refractivity contribution >= 4 is 11.9 Å². The number of carboxylic acids is 1. The molecule has 0 atom stereocenters. The Labute approximate surface area is 82.0 Å². The van der Waals surface area contributed by atoms with Crippen LogP contribution in [0.2, 0.25) is 0 Å². The molecule has 0 aliphatic heterocycles. The number of hydrogen-bond acceptors (Lipinski definition) is 4. The lowest BCUT2D eigenvalue weighted by Gasteiger charge is -2.20. The molecule has 0 amide bonds. The lowest BCUT2D eigenvalue weighted by molar-refractivity contribution is -0.142. The Morgan fingerprint density at radius 3 is 2.36 bits per heavy atom. The van der Waals surface area contributed by atoms with E-state index in [-0.39, 0.29) is 13.2 Å². The van der Waals surface area contributed by atoms with Crippen LogP contribution in [0.1, 0.15) is 13.8 Å². The lowest BCUT2D eigenvalue weighted by Crippen LogP contribution is -2.25. The van der Waals surface area contributed by atoms with E-state index in [0.717, 1.165) is 6.08 Å². The maximum absolute atomic E-state index is 10.9. The number of aliphatic hydroxyl groups is 1. The van der Waals surface area contributed by atoms with Crippen LogP contribution in [0.25, 0.3) is 0 Å². The van der Waals surface area contributed by atoms with Gasteiger partial charge in [-0.05, 0) is 0 Å². The Hall–Kier alpha value is -1.36. The first-order valence-electron chi connectivity index (χ1n) is 4.06. The van der Waals surface area contributed by atoms with Crippen LogP contribution in [0, 0.1) is 5.41 Å². The van der Waals surface area contributed by atoms with Crippen LogP contribution in [-0.4, -0.2) is 35.4 Å². The van der Waals surface area contributed by atoms with Crippen molar-refractivity contribution < 1.29 is 24.5 Å². The Kier molecular flexibility index (Phi) is 4.86. The molecule has 5 heteroatoms. The molecule has 0 heterocycles. The Balaban J connectivity index is 3.92. The fourth-order valence-corrected chi connectivity index (χ4v) is 0.500. The second kappa shape index (κ2) is 5.39. The van der Waals surface area contributed by atoms with Crippen LogP contribution in [-0.2, 0) is 14.3 Å². The summed E-state index contributed by atoms with van der Waals surface area (Å²) in [5.74, 6) is -1.93. The van der Waals surface area contributed by atoms with Crippen LogP contribution in [0.3, 0.4) is 0 Å². The number of hydrogen-bond donors (Lipinski definition) is 2. The molecule has 0 aliphatic rings. The molecule has 0 saturated heterocycles. The van der Waals surface area contributed by atoms with E-state index in [1.165, 1.54) is 0 Å². The Bertz CT molecular complexity index is 242. The summed E-state index contributed by atoms with van der Waals surface area (Å²) in [5.41, 5.74) is -0.507. The summed E-state index contributed by atoms with van der Waals surface area (Å²) in [6.07, 6.45) is 1.53. The average Bonchev–Trinajstić information content (AvgIpc) is 2.11. The molecule has 0 unspecified atom stereocenters. The highest BCUT2D eigenvalue weighted by molar-refractivity contribution is 5.90. The van der Waals surface area contributed by atoms with E-state index in [1.54, 1.807) is 13.8 Å². The number of carbonyl (C=O) groups is 2. The molecule has 0 rings (SSSR count). The van der Waals surface area contributed by atoms with Gasteiger partial charge in [0.1, 0.15) is 0 Å². The van der Waals surface area contributed by atoms with E-state index in [2.05, 4.69) is 0 Å². The predicted molar refractivity (Wildman–Crippen MR) is 48.6 cm³/mol. The molecular formula is C9H14O5. The van der Waals surface area contributed by atoms with Gasteiger partial charge in [-0.3, -0.25) is 0 Å². The van der Waals surface area contributed by atoms with Gasteiger partial charge in [0.2, 0.25) is 0 Å². The zero-order chi connectivity index (χ0) is 11.2. The SMILES string of the molecule is CC(C)(CO)COC(=O)/C=C/C(=O)O. The molecule has 0 aliphatic carbocycles. The molecule has 2 N–H and O–H groups in total. The highest BCUT2D eigenvalue weighted by Gasteiger charge is 2.18. The van der Waals surface area contributed by atoms with Crippen molar-refractivity contribution in [2.45, 2.75) is 13.8 Å². The normalized spacial score (nSPS) is 11.6. The first-order valence-corrected chi connectivity index (χ1v) is 4.06. The van der Waals surface area contributed by atoms with E-state index in [4.69, 9.17) is 14.9 Å². The largest absolute Gasteiger partial charge is 0.478 e. The monoisotopic (exact) mass is 202 g/mol. The van der Waals surface area contributed by atoms with Crippen molar-refractivity contribution in [1.82, 2.24) is 0 Å². The van der Waals surface area contributed by atoms with Gasteiger partial charge in [-0.1, -0.05) is 13.8 Å². The van der Waals surface area contributed by atoms with Gasteiger partial charge in [-0.15, -0.1) is 0 Å². The van der Waals surface area contributed by atoms with Gasteiger partial charge in [0.25, 0.3) is 0 Å². The Morgan fingerprint density at radius 1 is 1.36 bits per heavy atom. The minimum absolute atomic E-state index is 0.0479. The first kappa shape index (κ1) is 12.6. The summed E-state index contributed by atoms with van der Waals surface area (Å²) in [6, 6.07) is 0. The topological polar surface area (TPSA) is 83.8 Å². The molecule has 5 nitrogen and oxygen atoms in total. The van der Waals surface area contributed by atoms with E-state index < -0.39 is 17.4 Å². The van der Waals surface area contributed by atoms with Gasteiger partial charge in [-0.25, -0.2) is 9.59 Å². The fourth-order valence-electron chi connectivity index (χ4n) is 0.500. The van der Waals surface area contributed by atoms with E-state index >= 15 is 0 Å². The maximum Gasteiger partial charge on any atom is 0.331 e. The summed E-state index contributed by atoms with van der Waals surface area (Å²) in [6.45, 7) is 3.39. The van der Waals surface area contributed by atoms with Crippen LogP contribution < -0.4 is 0 Å². The van der Waals surface area contributed by atoms with Gasteiger partial charge in [0.05, 0.1) is 13.2 Å². The third kappa shape index (κ3) is 6.19. The van der Waals surface area contributed by atoms with Crippen molar-refractivity contribution in [1.29, 1.82) is 0 Å². The van der Waals surface area contributed by atoms with Crippen molar-refractivity contribution in [3.63, 3.8) is 0 Å². The van der Waals surface area contributed by atoms with Gasteiger partial charge >= 0.3 is 11.9 Å². The molecule has 0 bridgehead atoms. The molecule has 0 aromatic carbocycles. The molecule has 14 heavy (non-hydrogen) atoms. The van der Waals surface area contributed by atoms with Gasteiger partial charge in [0, 0.05) is 17.6 Å². The minimum atomic E-state index is -1.21. The molecule has 0 aromatic rings. The molecule has 0 saturated carbocycles. The second-order valence-electron chi connectivity index (χ2n) is 3.60. The van der Waals surface area contributed by atoms with E-state index in [1.807, 2.05) is 0 Å². The van der Waals surface area contributed by atoms with Crippen molar-refractivity contribution in [3.8, 4) is 0 Å². The number of carbonyl (C=O) groups excluding carboxylic acids is 1. The molecular weight excluding hydrogens is 188 g/mol. The maximum atomic E-state index is 10.9. The van der Waals surface area contributed by atoms with E-state index in [9.17, 15) is 9.59 Å². The van der Waals surface area contributed by atoms with Crippen LogP contribution >= 0.6 is 0 Å². The summed E-state index contributed by atoms with van der Waals surface area (Å²) >= 11 is 0. The number of ether oxygens (including phenoxy) is 1. The quantitative estimate of drug-likeness (QED) is 0.491. The van der Waals surface area contributed by atoms with Gasteiger partial charge in [0.15, 0.2) is 0 Å². The zero-order valence-corrected chi connectivity index (χ0v) is 8.19. The summed E-state index contributed by atoms with van der Waals surface area (Å²) < 4.78 is 4.70. The Morgan fingerprint density at radius 2 is 1.93 bits per heavy atom. The van der Waals surface area contributed by atoms with Gasteiger partial charge in [-0.2, -0.15) is 0 Å². The van der Waals surface area contributed by atoms with Crippen molar-refractivity contribution in [2.24, 2.45) is 5.41 Å². The van der Waals surface area contributed by atoms with E-state index in [0.29, 0.717) is 6.08 Å². The van der Waals surface area contributed by atoms with Gasteiger partial charge < -0.3 is 14.9 Å². The highest BCUT2D eigenvalue weighted by Crippen LogP contribution is 2.13. The summed E-state index contributed by atoms with van der Waals surface area (Å²) in [7, 11) is 0. The predicted octanol–water partition coefficient (Wildman–Crippen LogP) is 0.189. The minimum Gasteiger partial charge on any atom is -0.478 e. The van der Waals surface area contributed by atoms with Crippen LogP contribution in [0.5, 0.6) is 0 Å². The summed E-state index contributed by atoms with van der Waals surface area (Å²) in [5, 5.41) is 17.0. The zero-order valence-electron chi connectivity index (χ0n) is 8.19. The van der Waals surface area contributed by atoms with Crippen LogP contribution in [0.15, 0.2) is 12.2 Å². The van der Waals surface area contributed by atoms with Crippen molar-refractivity contribution in [3.05, 3.63) is 12.2 Å². The molecule has 0 fully saturated rings. The standard InChI is InChI=1S/C9H14O5/c1-9(2,5-10)6-14-8(13)4-3-7(11)12/h3-4,10H,5-6H2,1-2H3,(H,11,12)/b4-3+. The second-order valence-corrected chi connectivity index (χ2v) is 3.60. The first-order chi connectivity index (χ1) is 6.37. The van der Waals surface area contributed by atoms with Crippen LogP contribution in [0.4, 0.5) is 0 Å². The third-order valence-corrected chi connectivity index (χ3v) is 1.40. The smallest absolute Gasteiger partial charge is 0.331 e. The molecule has 0 radical (unpaired) electrons. The number of esters is 1. The summed E-state index contributed by atoms with van der Waals surface area (Å²) in [4.78, 5) is 20.9. The highest BCUT2D eigenvalue weighted by atomic mass is 16.5. The number of rotatable bonds is 5. The molecule has 0 spiro atoms. The average molecular weight is 202 g/mol. The lowest BCUT2D eigenvalue weighted by atomic mass is 9.97. The third-order valence-electron chi connectivity index (χ3n) is 1.40. The number of aliphatic hydroxyl groups excluding tert-OH is 1. The fraction of sp³-hybridized carbons (Fsp3) is 0.556. The molecule has 0 aromatic heterocycles. The number of aliphatic carboxylic acids is 1. The van der Waals surface area contributed by atoms with Crippen molar-refractivity contribution in [2.75, 3.05) is 13.2 Å². The number of carboxylic acid groups (broad SMARTS) is 1. The molecule has 80 valence electrons.